The molecule has 5 aromatic rings. The van der Waals surface area contributed by atoms with Crippen molar-refractivity contribution in [3.05, 3.63) is 52.8 Å². The molecule has 0 radical (unpaired) electrons. The highest BCUT2D eigenvalue weighted by Gasteiger charge is 2.22. The van der Waals surface area contributed by atoms with Gasteiger partial charge in [0.1, 0.15) is 11.1 Å². The number of aromatic nitrogens is 3. The second-order valence-electron chi connectivity index (χ2n) is 6.56. The summed E-state index contributed by atoms with van der Waals surface area (Å²) in [5, 5.41) is 4.90. The lowest BCUT2D eigenvalue weighted by Crippen LogP contribution is -1.94. The third-order valence-electron chi connectivity index (χ3n) is 4.97. The number of nitrogens with one attached hydrogen (secondary N) is 1. The van der Waals surface area contributed by atoms with Gasteiger partial charge in [0.2, 0.25) is 6.79 Å². The lowest BCUT2D eigenvalue weighted by Gasteiger charge is -2.06. The first kappa shape index (κ1) is 14.4. The van der Waals surface area contributed by atoms with Crippen LogP contribution in [0, 0.1) is 0 Å². The van der Waals surface area contributed by atoms with Crippen LogP contribution in [-0.2, 0) is 7.05 Å². The van der Waals surface area contributed by atoms with Crippen LogP contribution in [-0.4, -0.2) is 21.6 Å². The molecule has 3 aromatic heterocycles. The average Bonchev–Trinajstić information content (AvgIpc) is 3.36. The van der Waals surface area contributed by atoms with E-state index < -0.39 is 0 Å². The van der Waals surface area contributed by atoms with Gasteiger partial charge in [-0.2, -0.15) is 0 Å². The zero-order valence-electron chi connectivity index (χ0n) is 14.3. The smallest absolute Gasteiger partial charge is 0.231 e. The Balaban J connectivity index is 1.80. The lowest BCUT2D eigenvalue weighted by atomic mass is 10.0. The van der Waals surface area contributed by atoms with Gasteiger partial charge in [-0.25, -0.2) is 4.98 Å². The van der Waals surface area contributed by atoms with Gasteiger partial charge in [0, 0.05) is 35.6 Å². The number of hydrogen-bond acceptors (Lipinski definition) is 5. The maximum Gasteiger partial charge on any atom is 0.231 e. The first-order chi connectivity index (χ1) is 13.2. The van der Waals surface area contributed by atoms with Crippen molar-refractivity contribution < 1.29 is 13.9 Å². The molecule has 4 heterocycles. The molecule has 0 saturated heterocycles. The summed E-state index contributed by atoms with van der Waals surface area (Å²) in [5.74, 6) is 1.42. The molecule has 0 atom stereocenters. The van der Waals surface area contributed by atoms with E-state index in [0.29, 0.717) is 16.9 Å². The van der Waals surface area contributed by atoms with Gasteiger partial charge in [0.05, 0.1) is 0 Å². The van der Waals surface area contributed by atoms with E-state index in [9.17, 15) is 4.79 Å². The molecule has 0 saturated carbocycles. The Morgan fingerprint density at radius 1 is 1.07 bits per heavy atom. The Bertz CT molecular complexity index is 1440. The zero-order chi connectivity index (χ0) is 18.1. The van der Waals surface area contributed by atoms with Crippen molar-refractivity contribution >= 4 is 33.1 Å². The highest BCUT2D eigenvalue weighted by molar-refractivity contribution is 6.14. The molecule has 1 aliphatic heterocycles. The van der Waals surface area contributed by atoms with Gasteiger partial charge in [-0.05, 0) is 29.8 Å². The van der Waals surface area contributed by atoms with E-state index in [2.05, 4.69) is 5.10 Å². The van der Waals surface area contributed by atoms with E-state index in [4.69, 9.17) is 18.9 Å². The van der Waals surface area contributed by atoms with Gasteiger partial charge >= 0.3 is 0 Å². The Kier molecular flexibility index (Phi) is 2.63. The molecular weight excluding hydrogens is 346 g/mol. The van der Waals surface area contributed by atoms with Crippen molar-refractivity contribution in [1.82, 2.24) is 14.8 Å². The number of hydrogen-bond donors (Lipinski definition) is 1. The van der Waals surface area contributed by atoms with Crippen molar-refractivity contribution in [1.29, 1.82) is 0 Å². The minimum atomic E-state index is -0.0935. The molecule has 0 bridgehead atoms. The molecule has 0 unspecified atom stereocenters. The molecule has 7 nitrogen and oxygen atoms in total. The van der Waals surface area contributed by atoms with Gasteiger partial charge in [-0.3, -0.25) is 9.48 Å². The fraction of sp³-hybridized carbons (Fsp3) is 0.100. The first-order valence-corrected chi connectivity index (χ1v) is 8.49. The van der Waals surface area contributed by atoms with Crippen LogP contribution in [0.3, 0.4) is 0 Å². The maximum absolute atomic E-state index is 11.8. The highest BCUT2D eigenvalue weighted by atomic mass is 16.7. The van der Waals surface area contributed by atoms with E-state index in [1.807, 2.05) is 36.1 Å². The average molecular weight is 359 g/mol. The summed E-state index contributed by atoms with van der Waals surface area (Å²) in [5.41, 5.74) is 4.42. The Labute approximate surface area is 151 Å². The van der Waals surface area contributed by atoms with Crippen LogP contribution >= 0.6 is 0 Å². The quantitative estimate of drug-likeness (QED) is 0.495. The number of furan rings is 1. The summed E-state index contributed by atoms with van der Waals surface area (Å²) in [7, 11) is 1.91. The van der Waals surface area contributed by atoms with E-state index >= 15 is 0 Å². The summed E-state index contributed by atoms with van der Waals surface area (Å²) in [6, 6.07) is 10.6. The molecule has 132 valence electrons. The summed E-state index contributed by atoms with van der Waals surface area (Å²) in [4.78, 5) is 16.6. The number of aromatic amines is 1. The fourth-order valence-corrected chi connectivity index (χ4v) is 3.70. The zero-order valence-corrected chi connectivity index (χ0v) is 14.3. The second-order valence-corrected chi connectivity index (χ2v) is 6.56. The number of nitrogens with zero attached hydrogens (tertiary/aromatic N) is 2. The Morgan fingerprint density at radius 3 is 2.89 bits per heavy atom. The predicted molar refractivity (Wildman–Crippen MR) is 100 cm³/mol. The minimum Gasteiger partial charge on any atom is -0.454 e. The van der Waals surface area contributed by atoms with Crippen molar-refractivity contribution in [2.45, 2.75) is 0 Å². The van der Waals surface area contributed by atoms with E-state index in [-0.39, 0.29) is 12.2 Å². The van der Waals surface area contributed by atoms with Gasteiger partial charge in [0.25, 0.3) is 0 Å². The third kappa shape index (κ3) is 1.90. The number of ether oxygens (including phenoxy) is 2. The standard InChI is InChI=1S/C20H13N3O4/c1-23-20-13(8-21-23)17(10-2-5-14-16(6-10)26-9-25-14)19-18(22-20)12-4-3-11(24)7-15(12)27-19/h2-8,21H,9H2,1H3. The molecule has 27 heavy (non-hydrogen) atoms. The van der Waals surface area contributed by atoms with E-state index in [1.54, 1.807) is 6.07 Å². The van der Waals surface area contributed by atoms with Crippen LogP contribution in [0.2, 0.25) is 0 Å². The number of pyridine rings is 1. The molecule has 0 amide bonds. The van der Waals surface area contributed by atoms with Crippen LogP contribution in [0.15, 0.2) is 51.8 Å². The molecular formula is C20H13N3O4. The maximum atomic E-state index is 11.8. The monoisotopic (exact) mass is 359 g/mol. The lowest BCUT2D eigenvalue weighted by molar-refractivity contribution is 0.174. The largest absolute Gasteiger partial charge is 0.454 e. The van der Waals surface area contributed by atoms with Crippen LogP contribution in [0.1, 0.15) is 0 Å². The topological polar surface area (TPSA) is 82.3 Å². The first-order valence-electron chi connectivity index (χ1n) is 8.49. The van der Waals surface area contributed by atoms with Gasteiger partial charge in [-0.1, -0.05) is 6.07 Å². The van der Waals surface area contributed by atoms with Crippen LogP contribution < -0.4 is 14.9 Å². The van der Waals surface area contributed by atoms with Gasteiger partial charge in [-0.15, -0.1) is 0 Å². The third-order valence-corrected chi connectivity index (χ3v) is 4.97. The number of fused-ring (bicyclic) bond motifs is 5. The van der Waals surface area contributed by atoms with Crippen molar-refractivity contribution in [3.63, 3.8) is 0 Å². The fourth-order valence-electron chi connectivity index (χ4n) is 3.70. The van der Waals surface area contributed by atoms with E-state index in [1.165, 1.54) is 12.1 Å². The van der Waals surface area contributed by atoms with Gasteiger partial charge in [0.15, 0.2) is 28.2 Å². The van der Waals surface area contributed by atoms with Crippen molar-refractivity contribution in [2.75, 3.05) is 6.79 Å². The molecule has 0 aliphatic carbocycles. The molecule has 1 N–H and O–H groups in total. The number of benzene rings is 2. The SMILES string of the molecule is Cn1[nH]cc2c(-c3ccc4c(c3)OCO4)c3oc4cc(=O)ccc4c3nc21. The predicted octanol–water partition coefficient (Wildman–Crippen LogP) is 3.56. The highest BCUT2D eigenvalue weighted by Crippen LogP contribution is 2.42. The number of aryl methyl sites for hydroxylation is 1. The minimum absolute atomic E-state index is 0.0935. The molecule has 0 spiro atoms. The molecule has 7 heteroatoms. The number of rotatable bonds is 1. The molecule has 6 rings (SSSR count). The normalized spacial score (nSPS) is 13.2. The second kappa shape index (κ2) is 4.91. The van der Waals surface area contributed by atoms with Crippen molar-refractivity contribution in [2.24, 2.45) is 7.05 Å². The van der Waals surface area contributed by atoms with Crippen molar-refractivity contribution in [3.8, 4) is 22.6 Å². The van der Waals surface area contributed by atoms with Crippen LogP contribution in [0.25, 0.3) is 44.2 Å². The van der Waals surface area contributed by atoms with Crippen LogP contribution in [0.4, 0.5) is 0 Å². The summed E-state index contributed by atoms with van der Waals surface area (Å²) >= 11 is 0. The van der Waals surface area contributed by atoms with E-state index in [0.717, 1.165) is 38.8 Å². The summed E-state index contributed by atoms with van der Waals surface area (Å²) in [6.45, 7) is 0.218. The Morgan fingerprint density at radius 2 is 1.96 bits per heavy atom. The summed E-state index contributed by atoms with van der Waals surface area (Å²) in [6.07, 6.45) is 1.90. The summed E-state index contributed by atoms with van der Waals surface area (Å²) < 4.78 is 18.9. The Hall–Kier alpha value is -3.74. The van der Waals surface area contributed by atoms with Crippen LogP contribution in [0.5, 0.6) is 11.5 Å². The molecule has 2 aromatic carbocycles. The molecule has 1 aliphatic rings. The number of H-pyrrole nitrogens is 1. The van der Waals surface area contributed by atoms with Gasteiger partial charge < -0.3 is 19.0 Å². The molecule has 0 fully saturated rings.